The predicted molar refractivity (Wildman–Crippen MR) is 110 cm³/mol. The molecule has 2 amide bonds. The zero-order chi connectivity index (χ0) is 20.4. The van der Waals surface area contributed by atoms with E-state index in [2.05, 4.69) is 17.4 Å². The largest absolute Gasteiger partial charge is 0.493 e. The minimum absolute atomic E-state index is 0.0213. The summed E-state index contributed by atoms with van der Waals surface area (Å²) >= 11 is 0. The van der Waals surface area contributed by atoms with E-state index >= 15 is 0 Å². The van der Waals surface area contributed by atoms with Crippen molar-refractivity contribution >= 4 is 17.5 Å². The molecule has 0 saturated heterocycles. The molecule has 2 aromatic carbocycles. The number of benzene rings is 2. The normalized spacial score (nSPS) is 10.2. The third-order valence-electron chi connectivity index (χ3n) is 4.46. The van der Waals surface area contributed by atoms with Gasteiger partial charge in [-0.1, -0.05) is 30.3 Å². The first-order valence-electron chi connectivity index (χ1n) is 9.34. The van der Waals surface area contributed by atoms with Crippen LogP contribution in [0.3, 0.4) is 0 Å². The van der Waals surface area contributed by atoms with Crippen LogP contribution in [-0.4, -0.2) is 44.0 Å². The Hall–Kier alpha value is -3.02. The maximum absolute atomic E-state index is 12.3. The number of nitrogens with one attached hydrogen (secondary N) is 1. The molecule has 0 atom stereocenters. The highest BCUT2D eigenvalue weighted by atomic mass is 16.5. The molecule has 0 heterocycles. The van der Waals surface area contributed by atoms with Crippen LogP contribution in [-0.2, 0) is 16.0 Å². The lowest BCUT2D eigenvalue weighted by atomic mass is 10.1. The van der Waals surface area contributed by atoms with Gasteiger partial charge >= 0.3 is 0 Å². The number of amides is 2. The molecule has 0 unspecified atom stereocenters. The van der Waals surface area contributed by atoms with Gasteiger partial charge in [-0.2, -0.15) is 0 Å². The second kappa shape index (κ2) is 11.0. The van der Waals surface area contributed by atoms with Gasteiger partial charge in [0.15, 0.2) is 11.5 Å². The van der Waals surface area contributed by atoms with E-state index in [1.54, 1.807) is 37.3 Å². The average Bonchev–Trinajstić information content (AvgIpc) is 2.70. The fourth-order valence-electron chi connectivity index (χ4n) is 2.92. The van der Waals surface area contributed by atoms with Crippen molar-refractivity contribution in [3.05, 3.63) is 54.1 Å². The van der Waals surface area contributed by atoms with Crippen LogP contribution in [0.25, 0.3) is 0 Å². The Kier molecular flexibility index (Phi) is 8.34. The van der Waals surface area contributed by atoms with E-state index < -0.39 is 0 Å². The molecular formula is C22H28N2O4. The summed E-state index contributed by atoms with van der Waals surface area (Å²) in [5.74, 6) is 0.974. The molecule has 1 N–H and O–H groups in total. The van der Waals surface area contributed by atoms with Gasteiger partial charge in [-0.05, 0) is 30.5 Å². The lowest BCUT2D eigenvalue weighted by molar-refractivity contribution is -0.129. The Morgan fingerprint density at radius 2 is 1.68 bits per heavy atom. The Morgan fingerprint density at radius 1 is 0.964 bits per heavy atom. The van der Waals surface area contributed by atoms with E-state index in [-0.39, 0.29) is 18.2 Å². The summed E-state index contributed by atoms with van der Waals surface area (Å²) in [7, 11) is 3.11. The number of ether oxygens (including phenoxy) is 2. The summed E-state index contributed by atoms with van der Waals surface area (Å²) in [5.41, 5.74) is 1.87. The SMILES string of the molecule is COc1ccc(NC(=O)CCN(CCCc2ccccc2)C(C)=O)cc1OC. The first-order chi connectivity index (χ1) is 13.5. The van der Waals surface area contributed by atoms with Crippen LogP contribution in [0.5, 0.6) is 11.5 Å². The fraction of sp³-hybridized carbons (Fsp3) is 0.364. The molecule has 0 aromatic heterocycles. The zero-order valence-electron chi connectivity index (χ0n) is 16.7. The van der Waals surface area contributed by atoms with Gasteiger partial charge in [0.05, 0.1) is 14.2 Å². The van der Waals surface area contributed by atoms with Gasteiger partial charge in [0.2, 0.25) is 11.8 Å². The van der Waals surface area contributed by atoms with Gasteiger partial charge in [0.25, 0.3) is 0 Å². The number of carbonyl (C=O) groups is 2. The van der Waals surface area contributed by atoms with Crippen LogP contribution in [0.2, 0.25) is 0 Å². The van der Waals surface area contributed by atoms with Gasteiger partial charge in [-0.25, -0.2) is 0 Å². The minimum Gasteiger partial charge on any atom is -0.493 e. The topological polar surface area (TPSA) is 67.9 Å². The third-order valence-corrected chi connectivity index (χ3v) is 4.46. The van der Waals surface area contributed by atoms with Gasteiger partial charge < -0.3 is 19.7 Å². The monoisotopic (exact) mass is 384 g/mol. The smallest absolute Gasteiger partial charge is 0.226 e. The van der Waals surface area contributed by atoms with Gasteiger partial charge in [-0.15, -0.1) is 0 Å². The Balaban J connectivity index is 1.82. The molecule has 0 bridgehead atoms. The minimum atomic E-state index is -0.151. The quantitative estimate of drug-likeness (QED) is 0.681. The number of rotatable bonds is 10. The summed E-state index contributed by atoms with van der Waals surface area (Å²) in [6.45, 7) is 2.56. The molecule has 150 valence electrons. The molecule has 0 spiro atoms. The van der Waals surface area contributed by atoms with Crippen molar-refractivity contribution in [3.63, 3.8) is 0 Å². The average molecular weight is 384 g/mol. The lowest BCUT2D eigenvalue weighted by Crippen LogP contribution is -2.33. The van der Waals surface area contributed by atoms with Gasteiger partial charge in [-0.3, -0.25) is 9.59 Å². The lowest BCUT2D eigenvalue weighted by Gasteiger charge is -2.21. The molecule has 0 fully saturated rings. The molecule has 6 heteroatoms. The molecule has 6 nitrogen and oxygen atoms in total. The van der Waals surface area contributed by atoms with Crippen molar-refractivity contribution in [1.29, 1.82) is 0 Å². The molecule has 0 aliphatic rings. The molecule has 2 rings (SSSR count). The van der Waals surface area contributed by atoms with Crippen LogP contribution >= 0.6 is 0 Å². The molecule has 0 aliphatic carbocycles. The number of hydrogen-bond donors (Lipinski definition) is 1. The standard InChI is InChI=1S/C22H28N2O4/c1-17(25)24(14-7-10-18-8-5-4-6-9-18)15-13-22(26)23-19-11-12-20(27-2)21(16-19)28-3/h4-6,8-9,11-12,16H,7,10,13-15H2,1-3H3,(H,23,26). The summed E-state index contributed by atoms with van der Waals surface area (Å²) in [4.78, 5) is 25.9. The maximum Gasteiger partial charge on any atom is 0.226 e. The van der Waals surface area contributed by atoms with Crippen LogP contribution in [0, 0.1) is 0 Å². The number of carbonyl (C=O) groups excluding carboxylic acids is 2. The van der Waals surface area contributed by atoms with E-state index in [0.717, 1.165) is 12.8 Å². The highest BCUT2D eigenvalue weighted by molar-refractivity contribution is 5.91. The molecular weight excluding hydrogens is 356 g/mol. The van der Waals surface area contributed by atoms with Crippen LogP contribution in [0.4, 0.5) is 5.69 Å². The first-order valence-corrected chi connectivity index (χ1v) is 9.34. The highest BCUT2D eigenvalue weighted by Crippen LogP contribution is 2.29. The Bertz CT molecular complexity index is 777. The second-order valence-corrected chi connectivity index (χ2v) is 6.46. The molecule has 2 aromatic rings. The van der Waals surface area contributed by atoms with E-state index in [4.69, 9.17) is 9.47 Å². The maximum atomic E-state index is 12.3. The summed E-state index contributed by atoms with van der Waals surface area (Å²) in [6.07, 6.45) is 2.00. The molecule has 0 aliphatic heterocycles. The summed E-state index contributed by atoms with van der Waals surface area (Å²) in [5, 5.41) is 2.83. The van der Waals surface area contributed by atoms with E-state index in [0.29, 0.717) is 30.3 Å². The second-order valence-electron chi connectivity index (χ2n) is 6.46. The number of hydrogen-bond acceptors (Lipinski definition) is 4. The first kappa shape index (κ1) is 21.3. The van der Waals surface area contributed by atoms with Crippen LogP contribution in [0.15, 0.2) is 48.5 Å². The van der Waals surface area contributed by atoms with Crippen molar-refractivity contribution in [2.24, 2.45) is 0 Å². The van der Waals surface area contributed by atoms with Crippen molar-refractivity contribution < 1.29 is 19.1 Å². The van der Waals surface area contributed by atoms with E-state index in [1.165, 1.54) is 12.5 Å². The molecule has 28 heavy (non-hydrogen) atoms. The number of methoxy groups -OCH3 is 2. The van der Waals surface area contributed by atoms with Crippen LogP contribution in [0.1, 0.15) is 25.3 Å². The van der Waals surface area contributed by atoms with Crippen LogP contribution < -0.4 is 14.8 Å². The predicted octanol–water partition coefficient (Wildman–Crippen LogP) is 3.51. The Labute approximate surface area is 166 Å². The van der Waals surface area contributed by atoms with E-state index in [9.17, 15) is 9.59 Å². The summed E-state index contributed by atoms with van der Waals surface area (Å²) < 4.78 is 10.4. The van der Waals surface area contributed by atoms with Gasteiger partial charge in [0, 0.05) is 38.2 Å². The van der Waals surface area contributed by atoms with Crippen molar-refractivity contribution in [3.8, 4) is 11.5 Å². The van der Waals surface area contributed by atoms with Crippen molar-refractivity contribution in [2.75, 3.05) is 32.6 Å². The zero-order valence-corrected chi connectivity index (χ0v) is 16.7. The molecule has 0 saturated carbocycles. The fourth-order valence-corrected chi connectivity index (χ4v) is 2.92. The number of nitrogens with zero attached hydrogens (tertiary/aromatic N) is 1. The third kappa shape index (κ3) is 6.61. The van der Waals surface area contributed by atoms with Gasteiger partial charge in [0.1, 0.15) is 0 Å². The Morgan fingerprint density at radius 3 is 2.32 bits per heavy atom. The molecule has 0 radical (unpaired) electrons. The van der Waals surface area contributed by atoms with Crippen molar-refractivity contribution in [1.82, 2.24) is 4.90 Å². The highest BCUT2D eigenvalue weighted by Gasteiger charge is 2.12. The van der Waals surface area contributed by atoms with Crippen molar-refractivity contribution in [2.45, 2.75) is 26.2 Å². The number of aryl methyl sites for hydroxylation is 1. The number of anilines is 1. The summed E-state index contributed by atoms with van der Waals surface area (Å²) in [6, 6.07) is 15.4. The van der Waals surface area contributed by atoms with E-state index in [1.807, 2.05) is 18.2 Å².